The molecule has 6 nitrogen and oxygen atoms in total. The second-order valence-corrected chi connectivity index (χ2v) is 8.74. The molecule has 0 spiro atoms. The molecular formula is C22H23ClN2O4S. The molecule has 0 saturated carbocycles. The first kappa shape index (κ1) is 21.1. The third-order valence-electron chi connectivity index (χ3n) is 5.45. The smallest absolute Gasteiger partial charge is 0.295 e. The lowest BCUT2D eigenvalue weighted by Crippen LogP contribution is -2.38. The van der Waals surface area contributed by atoms with Crippen molar-refractivity contribution in [1.29, 1.82) is 0 Å². The SMILES string of the molecule is O=C1C(=O)N(CCCN2CCOCC2)[C@H](c2cccs2)/C1=C(\O)c1ccc(Cl)cc1. The van der Waals surface area contributed by atoms with E-state index in [1.54, 1.807) is 29.2 Å². The van der Waals surface area contributed by atoms with Gasteiger partial charge in [0.25, 0.3) is 11.7 Å². The van der Waals surface area contributed by atoms with Gasteiger partial charge in [-0.25, -0.2) is 0 Å². The number of ketones is 1. The van der Waals surface area contributed by atoms with Gasteiger partial charge in [0.15, 0.2) is 0 Å². The maximum atomic E-state index is 12.9. The minimum absolute atomic E-state index is 0.135. The van der Waals surface area contributed by atoms with E-state index in [0.29, 0.717) is 17.1 Å². The molecule has 3 heterocycles. The number of aliphatic hydroxyl groups is 1. The first-order chi connectivity index (χ1) is 14.6. The number of benzene rings is 1. The van der Waals surface area contributed by atoms with Crippen molar-refractivity contribution in [2.45, 2.75) is 12.5 Å². The Bertz CT molecular complexity index is 937. The van der Waals surface area contributed by atoms with Gasteiger partial charge in [0.2, 0.25) is 0 Å². The Labute approximate surface area is 184 Å². The highest BCUT2D eigenvalue weighted by Gasteiger charge is 2.46. The number of carbonyl (C=O) groups excluding carboxylic acids is 2. The summed E-state index contributed by atoms with van der Waals surface area (Å²) in [6.45, 7) is 4.48. The van der Waals surface area contributed by atoms with Crippen molar-refractivity contribution < 1.29 is 19.4 Å². The van der Waals surface area contributed by atoms with Gasteiger partial charge in [0.05, 0.1) is 24.8 Å². The number of Topliss-reactive ketones (excluding diaryl/α,β-unsaturated/α-hetero) is 1. The Kier molecular flexibility index (Phi) is 6.53. The third kappa shape index (κ3) is 4.30. The molecule has 2 fully saturated rings. The Hall–Kier alpha value is -2.19. The number of nitrogens with zero attached hydrogens (tertiary/aromatic N) is 2. The first-order valence-electron chi connectivity index (χ1n) is 9.94. The zero-order valence-electron chi connectivity index (χ0n) is 16.4. The normalized spacial score (nSPS) is 22.0. The lowest BCUT2D eigenvalue weighted by molar-refractivity contribution is -0.140. The fourth-order valence-electron chi connectivity index (χ4n) is 3.91. The molecular weight excluding hydrogens is 424 g/mol. The molecule has 0 unspecified atom stereocenters. The van der Waals surface area contributed by atoms with Crippen LogP contribution in [-0.2, 0) is 14.3 Å². The predicted octanol–water partition coefficient (Wildman–Crippen LogP) is 3.55. The maximum absolute atomic E-state index is 12.9. The molecule has 30 heavy (non-hydrogen) atoms. The number of rotatable bonds is 6. The molecule has 1 N–H and O–H groups in total. The number of thiophene rings is 1. The van der Waals surface area contributed by atoms with Gasteiger partial charge < -0.3 is 14.7 Å². The molecule has 1 aromatic heterocycles. The van der Waals surface area contributed by atoms with E-state index in [1.807, 2.05) is 17.5 Å². The summed E-state index contributed by atoms with van der Waals surface area (Å²) in [7, 11) is 0. The van der Waals surface area contributed by atoms with E-state index in [2.05, 4.69) is 4.90 Å². The maximum Gasteiger partial charge on any atom is 0.295 e. The number of halogens is 1. The Morgan fingerprint density at radius 3 is 2.53 bits per heavy atom. The second kappa shape index (κ2) is 9.31. The fourth-order valence-corrected chi connectivity index (χ4v) is 4.88. The van der Waals surface area contributed by atoms with Crippen LogP contribution in [0, 0.1) is 0 Å². The number of ether oxygens (including phenoxy) is 1. The highest BCUT2D eigenvalue weighted by atomic mass is 35.5. The lowest BCUT2D eigenvalue weighted by atomic mass is 10.00. The molecule has 1 atom stereocenters. The molecule has 4 rings (SSSR count). The average molecular weight is 447 g/mol. The Balaban J connectivity index is 1.61. The fraction of sp³-hybridized carbons (Fsp3) is 0.364. The van der Waals surface area contributed by atoms with Crippen LogP contribution in [0.4, 0.5) is 0 Å². The number of hydrogen-bond donors (Lipinski definition) is 1. The molecule has 1 amide bonds. The third-order valence-corrected chi connectivity index (χ3v) is 6.62. The van der Waals surface area contributed by atoms with E-state index in [-0.39, 0.29) is 11.3 Å². The Morgan fingerprint density at radius 1 is 1.13 bits per heavy atom. The van der Waals surface area contributed by atoms with E-state index < -0.39 is 17.7 Å². The molecule has 2 aliphatic rings. The summed E-state index contributed by atoms with van der Waals surface area (Å²) in [5.74, 6) is -1.38. The summed E-state index contributed by atoms with van der Waals surface area (Å²) in [5, 5.41) is 13.4. The van der Waals surface area contributed by atoms with Gasteiger partial charge in [-0.3, -0.25) is 14.5 Å². The topological polar surface area (TPSA) is 70.1 Å². The van der Waals surface area contributed by atoms with Crippen molar-refractivity contribution in [1.82, 2.24) is 9.80 Å². The van der Waals surface area contributed by atoms with Crippen molar-refractivity contribution in [2.24, 2.45) is 0 Å². The van der Waals surface area contributed by atoms with Crippen LogP contribution in [-0.4, -0.2) is 66.0 Å². The minimum atomic E-state index is -0.646. The Morgan fingerprint density at radius 2 is 1.87 bits per heavy atom. The average Bonchev–Trinajstić information content (AvgIpc) is 3.37. The highest BCUT2D eigenvalue weighted by Crippen LogP contribution is 2.41. The van der Waals surface area contributed by atoms with Gasteiger partial charge >= 0.3 is 0 Å². The lowest BCUT2D eigenvalue weighted by Gasteiger charge is -2.28. The highest BCUT2D eigenvalue weighted by molar-refractivity contribution is 7.10. The van der Waals surface area contributed by atoms with Crippen molar-refractivity contribution in [3.63, 3.8) is 0 Å². The van der Waals surface area contributed by atoms with Crippen LogP contribution in [0.2, 0.25) is 5.02 Å². The molecule has 0 radical (unpaired) electrons. The molecule has 0 aliphatic carbocycles. The van der Waals surface area contributed by atoms with Crippen LogP contribution in [0.1, 0.15) is 22.9 Å². The molecule has 2 saturated heterocycles. The van der Waals surface area contributed by atoms with Crippen molar-refractivity contribution in [2.75, 3.05) is 39.4 Å². The van der Waals surface area contributed by atoms with Gasteiger partial charge in [-0.15, -0.1) is 11.3 Å². The molecule has 1 aromatic carbocycles. The number of morpholine rings is 1. The van der Waals surface area contributed by atoms with E-state index >= 15 is 0 Å². The van der Waals surface area contributed by atoms with Crippen LogP contribution in [0.25, 0.3) is 5.76 Å². The predicted molar refractivity (Wildman–Crippen MR) is 117 cm³/mol. The molecule has 2 aliphatic heterocycles. The molecule has 2 aromatic rings. The zero-order chi connectivity index (χ0) is 21.1. The summed E-state index contributed by atoms with van der Waals surface area (Å²) in [4.78, 5) is 30.5. The summed E-state index contributed by atoms with van der Waals surface area (Å²) in [5.41, 5.74) is 0.600. The number of carbonyl (C=O) groups is 2. The van der Waals surface area contributed by atoms with Crippen LogP contribution in [0.3, 0.4) is 0 Å². The second-order valence-electron chi connectivity index (χ2n) is 7.32. The van der Waals surface area contributed by atoms with Gasteiger partial charge in [-0.1, -0.05) is 17.7 Å². The van der Waals surface area contributed by atoms with E-state index in [4.69, 9.17) is 16.3 Å². The van der Waals surface area contributed by atoms with E-state index in [9.17, 15) is 14.7 Å². The first-order valence-corrected chi connectivity index (χ1v) is 11.2. The van der Waals surface area contributed by atoms with Gasteiger partial charge in [-0.2, -0.15) is 0 Å². The number of amides is 1. The summed E-state index contributed by atoms with van der Waals surface area (Å²) in [6, 6.07) is 9.79. The van der Waals surface area contributed by atoms with Crippen molar-refractivity contribution in [3.8, 4) is 0 Å². The number of hydrogen-bond acceptors (Lipinski definition) is 6. The minimum Gasteiger partial charge on any atom is -0.507 e. The van der Waals surface area contributed by atoms with Gasteiger partial charge in [0, 0.05) is 41.6 Å². The quantitative estimate of drug-likeness (QED) is 0.417. The van der Waals surface area contributed by atoms with Crippen molar-refractivity contribution in [3.05, 3.63) is 62.8 Å². The van der Waals surface area contributed by atoms with Crippen LogP contribution in [0.5, 0.6) is 0 Å². The van der Waals surface area contributed by atoms with E-state index in [0.717, 1.165) is 44.1 Å². The molecule has 158 valence electrons. The largest absolute Gasteiger partial charge is 0.507 e. The van der Waals surface area contributed by atoms with Crippen LogP contribution >= 0.6 is 22.9 Å². The van der Waals surface area contributed by atoms with Gasteiger partial charge in [0.1, 0.15) is 5.76 Å². The molecule has 8 heteroatoms. The summed E-state index contributed by atoms with van der Waals surface area (Å²) >= 11 is 7.41. The summed E-state index contributed by atoms with van der Waals surface area (Å²) < 4.78 is 5.37. The van der Waals surface area contributed by atoms with Crippen LogP contribution in [0.15, 0.2) is 47.4 Å². The van der Waals surface area contributed by atoms with Crippen molar-refractivity contribution >= 4 is 40.4 Å². The number of aliphatic hydroxyl groups excluding tert-OH is 1. The zero-order valence-corrected chi connectivity index (χ0v) is 18.0. The van der Waals surface area contributed by atoms with Crippen LogP contribution < -0.4 is 0 Å². The van der Waals surface area contributed by atoms with E-state index in [1.165, 1.54) is 11.3 Å². The van der Waals surface area contributed by atoms with Gasteiger partial charge in [-0.05, 0) is 42.1 Å². The monoisotopic (exact) mass is 446 g/mol. The number of likely N-dealkylation sites (tertiary alicyclic amines) is 1. The standard InChI is InChI=1S/C22H23ClN2O4S/c23-16-6-4-15(5-7-16)20(26)18-19(17-3-1-14-30-17)25(22(28)21(18)27)9-2-8-24-10-12-29-13-11-24/h1,3-7,14,19,26H,2,8-13H2/b20-18+/t19-/m1/s1. The summed E-state index contributed by atoms with van der Waals surface area (Å²) in [6.07, 6.45) is 0.746. The molecule has 0 bridgehead atoms.